The van der Waals surface area contributed by atoms with E-state index in [1.165, 1.54) is 33.5 Å². The molecule has 0 radical (unpaired) electrons. The van der Waals surface area contributed by atoms with E-state index in [9.17, 15) is 9.18 Å². The third-order valence-electron chi connectivity index (χ3n) is 5.32. The summed E-state index contributed by atoms with van der Waals surface area (Å²) in [6.07, 6.45) is 0.163. The van der Waals surface area contributed by atoms with Gasteiger partial charge in [-0.25, -0.2) is 4.39 Å². The minimum atomic E-state index is -0.282. The topological polar surface area (TPSA) is 69.3 Å². The maximum absolute atomic E-state index is 13.4. The lowest BCUT2D eigenvalue weighted by Gasteiger charge is -2.35. The summed E-state index contributed by atoms with van der Waals surface area (Å²) >= 11 is 0. The van der Waals surface area contributed by atoms with Crippen molar-refractivity contribution in [2.24, 2.45) is 0 Å². The van der Waals surface area contributed by atoms with E-state index in [-0.39, 0.29) is 24.2 Å². The summed E-state index contributed by atoms with van der Waals surface area (Å²) in [5, 5.41) is 3.02. The third-order valence-corrected chi connectivity index (χ3v) is 5.32. The molecular weight excluding hydrogens is 403 g/mol. The zero-order chi connectivity index (χ0) is 22.2. The Bertz CT molecular complexity index is 844. The van der Waals surface area contributed by atoms with Gasteiger partial charge in [-0.15, -0.1) is 0 Å². The molecule has 3 rings (SSSR count). The van der Waals surface area contributed by atoms with Crippen molar-refractivity contribution in [3.63, 3.8) is 0 Å². The Morgan fingerprint density at radius 2 is 1.68 bits per heavy atom. The molecule has 1 saturated heterocycles. The number of nitrogens with zero attached hydrogens (tertiary/aromatic N) is 1. The first-order valence-corrected chi connectivity index (χ1v) is 10.2. The van der Waals surface area contributed by atoms with Gasteiger partial charge in [0, 0.05) is 19.6 Å². The summed E-state index contributed by atoms with van der Waals surface area (Å²) in [4.78, 5) is 15.0. The molecule has 1 N–H and O–H groups in total. The van der Waals surface area contributed by atoms with E-state index in [4.69, 9.17) is 18.9 Å². The van der Waals surface area contributed by atoms with Crippen LogP contribution in [0.15, 0.2) is 36.4 Å². The zero-order valence-corrected chi connectivity index (χ0v) is 18.2. The van der Waals surface area contributed by atoms with Crippen molar-refractivity contribution in [2.75, 3.05) is 54.2 Å². The minimum absolute atomic E-state index is 0.0617. The van der Waals surface area contributed by atoms with Crippen LogP contribution in [-0.4, -0.2) is 65.0 Å². The summed E-state index contributed by atoms with van der Waals surface area (Å²) in [5.74, 6) is 1.08. The number of amides is 1. The Morgan fingerprint density at radius 1 is 1.06 bits per heavy atom. The van der Waals surface area contributed by atoms with Gasteiger partial charge in [-0.2, -0.15) is 0 Å². The molecule has 7 nitrogen and oxygen atoms in total. The molecule has 0 saturated carbocycles. The predicted octanol–water partition coefficient (Wildman–Crippen LogP) is 2.58. The van der Waals surface area contributed by atoms with Crippen LogP contribution in [0.5, 0.6) is 17.2 Å². The van der Waals surface area contributed by atoms with Gasteiger partial charge in [0.1, 0.15) is 5.82 Å². The van der Waals surface area contributed by atoms with Crippen molar-refractivity contribution < 1.29 is 28.1 Å². The number of rotatable bonds is 9. The number of carbonyl (C=O) groups is 1. The van der Waals surface area contributed by atoms with Crippen molar-refractivity contribution in [3.05, 3.63) is 53.3 Å². The van der Waals surface area contributed by atoms with Crippen LogP contribution in [0.2, 0.25) is 0 Å². The first kappa shape index (κ1) is 22.8. The quantitative estimate of drug-likeness (QED) is 0.657. The Labute approximate surface area is 182 Å². The summed E-state index contributed by atoms with van der Waals surface area (Å²) in [7, 11) is 4.61. The van der Waals surface area contributed by atoms with E-state index in [2.05, 4.69) is 10.2 Å². The van der Waals surface area contributed by atoms with Crippen LogP contribution in [0.3, 0.4) is 0 Å². The van der Waals surface area contributed by atoms with Crippen molar-refractivity contribution >= 4 is 5.91 Å². The number of carbonyl (C=O) groups excluding carboxylic acids is 1. The second kappa shape index (κ2) is 11.0. The Kier molecular flexibility index (Phi) is 8.08. The Hall–Kier alpha value is -2.84. The summed E-state index contributed by atoms with van der Waals surface area (Å²) < 4.78 is 34.9. The van der Waals surface area contributed by atoms with Gasteiger partial charge in [0.15, 0.2) is 11.5 Å². The number of hydrogen-bond donors (Lipinski definition) is 1. The minimum Gasteiger partial charge on any atom is -0.493 e. The van der Waals surface area contributed by atoms with E-state index in [0.29, 0.717) is 37.0 Å². The molecule has 0 bridgehead atoms. The summed E-state index contributed by atoms with van der Waals surface area (Å²) in [5.41, 5.74) is 1.70. The molecular formula is C23H29FN2O5. The standard InChI is InChI=1S/C23H29FN2O5/c1-28-20-12-16(13-21(29-2)23(20)30-3)14-22(27)25-15-19(26-8-10-31-11-9-26)17-4-6-18(24)7-5-17/h4-7,12-13,19H,8-11,14-15H2,1-3H3,(H,25,27). The predicted molar refractivity (Wildman–Crippen MR) is 114 cm³/mol. The molecule has 1 heterocycles. The van der Waals surface area contributed by atoms with Gasteiger partial charge in [0.2, 0.25) is 11.7 Å². The van der Waals surface area contributed by atoms with Crippen LogP contribution < -0.4 is 19.5 Å². The first-order chi connectivity index (χ1) is 15.0. The van der Waals surface area contributed by atoms with Gasteiger partial charge >= 0.3 is 0 Å². The molecule has 2 aromatic rings. The second-order valence-electron chi connectivity index (χ2n) is 7.23. The van der Waals surface area contributed by atoms with Gasteiger partial charge in [-0.3, -0.25) is 9.69 Å². The highest BCUT2D eigenvalue weighted by atomic mass is 19.1. The van der Waals surface area contributed by atoms with Gasteiger partial charge in [-0.05, 0) is 35.4 Å². The molecule has 1 aliphatic heterocycles. The first-order valence-electron chi connectivity index (χ1n) is 10.2. The van der Waals surface area contributed by atoms with Crippen molar-refractivity contribution in [2.45, 2.75) is 12.5 Å². The molecule has 0 aliphatic carbocycles. The van der Waals surface area contributed by atoms with Crippen LogP contribution in [-0.2, 0) is 16.0 Å². The molecule has 1 amide bonds. The van der Waals surface area contributed by atoms with Gasteiger partial charge in [0.25, 0.3) is 0 Å². The molecule has 168 valence electrons. The van der Waals surface area contributed by atoms with Crippen molar-refractivity contribution in [3.8, 4) is 17.2 Å². The fourth-order valence-corrected chi connectivity index (χ4v) is 3.73. The highest BCUT2D eigenvalue weighted by Gasteiger charge is 2.23. The molecule has 8 heteroatoms. The van der Waals surface area contributed by atoms with Crippen molar-refractivity contribution in [1.82, 2.24) is 10.2 Å². The van der Waals surface area contributed by atoms with Crippen molar-refractivity contribution in [1.29, 1.82) is 0 Å². The van der Waals surface area contributed by atoms with E-state index in [1.807, 2.05) is 0 Å². The monoisotopic (exact) mass is 432 g/mol. The lowest BCUT2D eigenvalue weighted by molar-refractivity contribution is -0.120. The summed E-state index contributed by atoms with van der Waals surface area (Å²) in [6, 6.07) is 9.89. The van der Waals surface area contributed by atoms with Crippen LogP contribution in [0, 0.1) is 5.82 Å². The SMILES string of the molecule is COc1cc(CC(=O)NCC(c2ccc(F)cc2)N2CCOCC2)cc(OC)c1OC. The van der Waals surface area contributed by atoms with Gasteiger partial charge in [0.05, 0.1) is 47.0 Å². The van der Waals surface area contributed by atoms with Crippen LogP contribution in [0.4, 0.5) is 4.39 Å². The number of ether oxygens (including phenoxy) is 4. The molecule has 0 spiro atoms. The fraction of sp³-hybridized carbons (Fsp3) is 0.435. The number of halogens is 1. The normalized spacial score (nSPS) is 15.2. The summed E-state index contributed by atoms with van der Waals surface area (Å²) in [6.45, 7) is 3.19. The number of methoxy groups -OCH3 is 3. The Balaban J connectivity index is 1.70. The number of morpholine rings is 1. The average Bonchev–Trinajstić information content (AvgIpc) is 2.80. The molecule has 0 aromatic heterocycles. The number of benzene rings is 2. The molecule has 1 aliphatic rings. The maximum Gasteiger partial charge on any atom is 0.224 e. The number of hydrogen-bond acceptors (Lipinski definition) is 6. The molecule has 1 atom stereocenters. The van der Waals surface area contributed by atoms with Crippen LogP contribution >= 0.6 is 0 Å². The van der Waals surface area contributed by atoms with Gasteiger partial charge < -0.3 is 24.3 Å². The molecule has 1 unspecified atom stereocenters. The fourth-order valence-electron chi connectivity index (χ4n) is 3.73. The highest BCUT2D eigenvalue weighted by molar-refractivity contribution is 5.79. The van der Waals surface area contributed by atoms with E-state index in [0.717, 1.165) is 24.2 Å². The lowest BCUT2D eigenvalue weighted by Crippen LogP contribution is -2.44. The average molecular weight is 432 g/mol. The maximum atomic E-state index is 13.4. The smallest absolute Gasteiger partial charge is 0.224 e. The van der Waals surface area contributed by atoms with Crippen LogP contribution in [0.1, 0.15) is 17.2 Å². The van der Waals surface area contributed by atoms with Gasteiger partial charge in [-0.1, -0.05) is 12.1 Å². The molecule has 31 heavy (non-hydrogen) atoms. The number of nitrogens with one attached hydrogen (secondary N) is 1. The molecule has 1 fully saturated rings. The third kappa shape index (κ3) is 5.86. The second-order valence-corrected chi connectivity index (χ2v) is 7.23. The Morgan fingerprint density at radius 3 is 2.23 bits per heavy atom. The van der Waals surface area contributed by atoms with E-state index < -0.39 is 0 Å². The lowest BCUT2D eigenvalue weighted by atomic mass is 10.0. The van der Waals surface area contributed by atoms with Crippen LogP contribution in [0.25, 0.3) is 0 Å². The zero-order valence-electron chi connectivity index (χ0n) is 18.2. The largest absolute Gasteiger partial charge is 0.493 e. The molecule has 2 aromatic carbocycles. The van der Waals surface area contributed by atoms with E-state index in [1.54, 1.807) is 24.3 Å². The highest BCUT2D eigenvalue weighted by Crippen LogP contribution is 2.38. The van der Waals surface area contributed by atoms with E-state index >= 15 is 0 Å².